The van der Waals surface area contributed by atoms with Crippen molar-refractivity contribution in [2.75, 3.05) is 20.4 Å². The average molecular weight is 439 g/mol. The molecule has 2 N–H and O–H groups in total. The maximum absolute atomic E-state index is 11.7. The molecule has 160 valence electrons. The van der Waals surface area contributed by atoms with Crippen molar-refractivity contribution >= 4 is 22.2 Å². The van der Waals surface area contributed by atoms with Crippen LogP contribution in [0.1, 0.15) is 31.2 Å². The van der Waals surface area contributed by atoms with Gasteiger partial charge < -0.3 is 15.4 Å². The van der Waals surface area contributed by atoms with Crippen LogP contribution >= 0.6 is 12.4 Å². The summed E-state index contributed by atoms with van der Waals surface area (Å²) in [5, 5.41) is 7.05. The standard InChI is InChI=1S/C22H30N2O3S.ClH/c1-23-19-7-9-20(10-8-19)24-15-18-14-17(6-13-22(18)27-2)16-4-11-21(12-5-16)28(3,25)26;/h4-6,11-14,19-20,23-24H,7-10,15H2,1-3H3;1H. The molecule has 0 atom stereocenters. The molecule has 1 aliphatic carbocycles. The monoisotopic (exact) mass is 438 g/mol. The lowest BCUT2D eigenvalue weighted by Gasteiger charge is -2.29. The Morgan fingerprint density at radius 3 is 2.10 bits per heavy atom. The van der Waals surface area contributed by atoms with E-state index in [1.165, 1.54) is 31.9 Å². The second-order valence-corrected chi connectivity index (χ2v) is 9.56. The number of methoxy groups -OCH3 is 1. The topological polar surface area (TPSA) is 67.4 Å². The van der Waals surface area contributed by atoms with Gasteiger partial charge in [0.2, 0.25) is 0 Å². The molecule has 1 saturated carbocycles. The third-order valence-electron chi connectivity index (χ3n) is 5.61. The number of halogens is 1. The smallest absolute Gasteiger partial charge is 0.175 e. The van der Waals surface area contributed by atoms with Crippen molar-refractivity contribution in [3.8, 4) is 16.9 Å². The lowest BCUT2D eigenvalue weighted by atomic mass is 9.91. The Morgan fingerprint density at radius 2 is 1.55 bits per heavy atom. The summed E-state index contributed by atoms with van der Waals surface area (Å²) in [6.45, 7) is 0.757. The summed E-state index contributed by atoms with van der Waals surface area (Å²) in [6, 6.07) is 14.3. The van der Waals surface area contributed by atoms with E-state index in [1.54, 1.807) is 19.2 Å². The molecule has 0 spiro atoms. The second-order valence-electron chi connectivity index (χ2n) is 7.54. The van der Waals surface area contributed by atoms with Crippen molar-refractivity contribution in [1.29, 1.82) is 0 Å². The molecule has 3 rings (SSSR count). The lowest BCUT2D eigenvalue weighted by molar-refractivity contribution is 0.315. The summed E-state index contributed by atoms with van der Waals surface area (Å²) in [5.74, 6) is 0.868. The Morgan fingerprint density at radius 1 is 0.966 bits per heavy atom. The van der Waals surface area contributed by atoms with Gasteiger partial charge in [-0.1, -0.05) is 18.2 Å². The number of ether oxygens (including phenoxy) is 1. The van der Waals surface area contributed by atoms with Gasteiger partial charge in [0, 0.05) is 30.4 Å². The molecule has 0 bridgehead atoms. The molecule has 29 heavy (non-hydrogen) atoms. The van der Waals surface area contributed by atoms with Gasteiger partial charge in [0.15, 0.2) is 9.84 Å². The molecular weight excluding hydrogens is 408 g/mol. The lowest BCUT2D eigenvalue weighted by Crippen LogP contribution is -2.38. The number of hydrogen-bond donors (Lipinski definition) is 2. The minimum absolute atomic E-state index is 0. The summed E-state index contributed by atoms with van der Waals surface area (Å²) in [4.78, 5) is 0.337. The van der Waals surface area contributed by atoms with Crippen LogP contribution in [0.4, 0.5) is 0 Å². The predicted octanol–water partition coefficient (Wildman–Crippen LogP) is 3.81. The molecule has 2 aromatic rings. The highest BCUT2D eigenvalue weighted by Gasteiger charge is 2.20. The number of benzene rings is 2. The normalized spacial score (nSPS) is 19.4. The third-order valence-corrected chi connectivity index (χ3v) is 6.74. The molecule has 5 nitrogen and oxygen atoms in total. The van der Waals surface area contributed by atoms with Crippen LogP contribution in [0.3, 0.4) is 0 Å². The molecular formula is C22H31ClN2O3S. The molecule has 2 aromatic carbocycles. The molecule has 1 aliphatic rings. The van der Waals surface area contributed by atoms with Crippen molar-refractivity contribution in [3.05, 3.63) is 48.0 Å². The van der Waals surface area contributed by atoms with E-state index in [0.717, 1.165) is 29.0 Å². The number of sulfone groups is 1. The van der Waals surface area contributed by atoms with Crippen molar-refractivity contribution in [1.82, 2.24) is 10.6 Å². The maximum atomic E-state index is 11.7. The third kappa shape index (κ3) is 6.19. The zero-order valence-corrected chi connectivity index (χ0v) is 18.9. The van der Waals surface area contributed by atoms with Crippen LogP contribution in [0, 0.1) is 0 Å². The van der Waals surface area contributed by atoms with Gasteiger partial charge in [-0.15, -0.1) is 12.4 Å². The van der Waals surface area contributed by atoms with Gasteiger partial charge in [-0.3, -0.25) is 0 Å². The highest BCUT2D eigenvalue weighted by Crippen LogP contribution is 2.28. The summed E-state index contributed by atoms with van der Waals surface area (Å²) in [5.41, 5.74) is 3.16. The van der Waals surface area contributed by atoms with Gasteiger partial charge in [0.25, 0.3) is 0 Å². The number of nitrogens with one attached hydrogen (secondary N) is 2. The van der Waals surface area contributed by atoms with E-state index < -0.39 is 9.84 Å². The molecule has 0 unspecified atom stereocenters. The van der Waals surface area contributed by atoms with Crippen molar-refractivity contribution in [3.63, 3.8) is 0 Å². The van der Waals surface area contributed by atoms with Crippen LogP contribution in [-0.2, 0) is 16.4 Å². The predicted molar refractivity (Wildman–Crippen MR) is 121 cm³/mol. The van der Waals surface area contributed by atoms with Crippen LogP contribution in [0.25, 0.3) is 11.1 Å². The minimum atomic E-state index is -3.18. The first-order valence-corrected chi connectivity index (χ1v) is 11.7. The largest absolute Gasteiger partial charge is 0.496 e. The van der Waals surface area contributed by atoms with Crippen molar-refractivity contribution in [2.45, 2.75) is 49.2 Å². The highest BCUT2D eigenvalue weighted by molar-refractivity contribution is 7.90. The molecule has 0 amide bonds. The fourth-order valence-corrected chi connectivity index (χ4v) is 4.46. The van der Waals surface area contributed by atoms with E-state index in [1.807, 2.05) is 31.3 Å². The molecule has 7 heteroatoms. The molecule has 0 radical (unpaired) electrons. The van der Waals surface area contributed by atoms with Gasteiger partial charge in [-0.25, -0.2) is 8.42 Å². The van der Waals surface area contributed by atoms with Gasteiger partial charge in [0.1, 0.15) is 5.75 Å². The summed E-state index contributed by atoms with van der Waals surface area (Å²) in [7, 11) is 0.549. The Labute approximate surface area is 180 Å². The van der Waals surface area contributed by atoms with Crippen LogP contribution < -0.4 is 15.4 Å². The SMILES string of the molecule is CNC1CCC(NCc2cc(-c3ccc(S(C)(=O)=O)cc3)ccc2OC)CC1.Cl. The van der Waals surface area contributed by atoms with Gasteiger partial charge in [-0.05, 0) is 68.1 Å². The summed E-state index contributed by atoms with van der Waals surface area (Å²) in [6.07, 6.45) is 6.00. The van der Waals surface area contributed by atoms with E-state index in [4.69, 9.17) is 4.74 Å². The number of hydrogen-bond acceptors (Lipinski definition) is 5. The van der Waals surface area contributed by atoms with E-state index in [2.05, 4.69) is 16.7 Å². The van der Waals surface area contributed by atoms with Crippen LogP contribution in [0.2, 0.25) is 0 Å². The highest BCUT2D eigenvalue weighted by atomic mass is 35.5. The fourth-order valence-electron chi connectivity index (χ4n) is 3.83. The molecule has 0 aromatic heterocycles. The van der Waals surface area contributed by atoms with Crippen molar-refractivity contribution in [2.24, 2.45) is 0 Å². The van der Waals surface area contributed by atoms with Gasteiger partial charge in [-0.2, -0.15) is 0 Å². The quantitative estimate of drug-likeness (QED) is 0.688. The van der Waals surface area contributed by atoms with E-state index in [9.17, 15) is 8.42 Å². The number of rotatable bonds is 7. The zero-order valence-electron chi connectivity index (χ0n) is 17.3. The molecule has 0 saturated heterocycles. The van der Waals surface area contributed by atoms with E-state index in [-0.39, 0.29) is 12.4 Å². The Hall–Kier alpha value is -1.60. The van der Waals surface area contributed by atoms with Crippen LogP contribution in [0.15, 0.2) is 47.4 Å². The van der Waals surface area contributed by atoms with Crippen LogP contribution in [0.5, 0.6) is 5.75 Å². The first-order valence-electron chi connectivity index (χ1n) is 9.78. The Bertz CT molecular complexity index is 893. The van der Waals surface area contributed by atoms with E-state index >= 15 is 0 Å². The minimum Gasteiger partial charge on any atom is -0.496 e. The zero-order chi connectivity index (χ0) is 20.1. The average Bonchev–Trinajstić information content (AvgIpc) is 2.72. The van der Waals surface area contributed by atoms with E-state index in [0.29, 0.717) is 17.0 Å². The molecule has 0 heterocycles. The second kappa shape index (κ2) is 10.4. The van der Waals surface area contributed by atoms with Crippen LogP contribution in [-0.4, -0.2) is 40.9 Å². The summed E-state index contributed by atoms with van der Waals surface area (Å²) >= 11 is 0. The summed E-state index contributed by atoms with van der Waals surface area (Å²) < 4.78 is 28.9. The first kappa shape index (κ1) is 23.7. The fraction of sp³-hybridized carbons (Fsp3) is 0.455. The first-order chi connectivity index (χ1) is 13.4. The van der Waals surface area contributed by atoms with Gasteiger partial charge in [0.05, 0.1) is 12.0 Å². The Balaban J connectivity index is 0.00000300. The Kier molecular flexibility index (Phi) is 8.52. The van der Waals surface area contributed by atoms with Crippen molar-refractivity contribution < 1.29 is 13.2 Å². The molecule has 0 aliphatic heterocycles. The maximum Gasteiger partial charge on any atom is 0.175 e. The molecule has 1 fully saturated rings. The van der Waals surface area contributed by atoms with Gasteiger partial charge >= 0.3 is 0 Å².